The van der Waals surface area contributed by atoms with Crippen LogP contribution in [0.3, 0.4) is 0 Å². The molecular weight excluding hydrogens is 280 g/mol. The second-order valence-electron chi connectivity index (χ2n) is 5.03. The molecule has 4 nitrogen and oxygen atoms in total. The van der Waals surface area contributed by atoms with Crippen LogP contribution in [0.5, 0.6) is 0 Å². The summed E-state index contributed by atoms with van der Waals surface area (Å²) in [4.78, 5) is 0.395. The molecule has 104 valence electrons. The third kappa shape index (κ3) is 2.90. The van der Waals surface area contributed by atoms with Gasteiger partial charge in [-0.25, -0.2) is 13.1 Å². The third-order valence-corrected chi connectivity index (χ3v) is 6.26. The van der Waals surface area contributed by atoms with Crippen LogP contribution in [-0.4, -0.2) is 32.5 Å². The van der Waals surface area contributed by atoms with Crippen molar-refractivity contribution >= 4 is 27.5 Å². The van der Waals surface area contributed by atoms with E-state index in [1.807, 2.05) is 12.1 Å². The number of sulfonamides is 1. The maximum Gasteiger partial charge on any atom is 0.240 e. The molecular formula is C13H18N2O2S2. The van der Waals surface area contributed by atoms with Crippen molar-refractivity contribution < 1.29 is 8.42 Å². The first-order valence-electron chi connectivity index (χ1n) is 6.62. The van der Waals surface area contributed by atoms with Gasteiger partial charge in [-0.1, -0.05) is 0 Å². The summed E-state index contributed by atoms with van der Waals surface area (Å²) in [5.41, 5.74) is 2.18. The van der Waals surface area contributed by atoms with Crippen molar-refractivity contribution in [2.75, 3.05) is 23.4 Å². The Hall–Kier alpha value is -0.720. The first kappa shape index (κ1) is 13.3. The van der Waals surface area contributed by atoms with Crippen LogP contribution in [0.1, 0.15) is 18.4 Å². The second kappa shape index (κ2) is 5.34. The molecule has 19 heavy (non-hydrogen) atoms. The summed E-state index contributed by atoms with van der Waals surface area (Å²) in [6.07, 6.45) is 2.94. The Kier molecular flexibility index (Phi) is 3.73. The molecule has 0 aliphatic carbocycles. The summed E-state index contributed by atoms with van der Waals surface area (Å²) in [5, 5.41) is 3.30. The maximum absolute atomic E-state index is 12.3. The molecule has 1 unspecified atom stereocenters. The molecule has 1 atom stereocenters. The van der Waals surface area contributed by atoms with E-state index in [-0.39, 0.29) is 6.04 Å². The van der Waals surface area contributed by atoms with Crippen LogP contribution in [0.4, 0.5) is 5.69 Å². The summed E-state index contributed by atoms with van der Waals surface area (Å²) in [6.45, 7) is 0.969. The molecule has 2 heterocycles. The molecule has 1 saturated heterocycles. The largest absolute Gasteiger partial charge is 0.385 e. The summed E-state index contributed by atoms with van der Waals surface area (Å²) in [6, 6.07) is 5.48. The molecule has 1 aromatic carbocycles. The van der Waals surface area contributed by atoms with E-state index in [0.717, 1.165) is 48.6 Å². The Morgan fingerprint density at radius 3 is 3.05 bits per heavy atom. The monoisotopic (exact) mass is 298 g/mol. The molecule has 2 aliphatic heterocycles. The van der Waals surface area contributed by atoms with Crippen molar-refractivity contribution in [3.8, 4) is 0 Å². The summed E-state index contributed by atoms with van der Waals surface area (Å²) < 4.78 is 27.5. The number of benzene rings is 1. The van der Waals surface area contributed by atoms with Crippen molar-refractivity contribution in [1.29, 1.82) is 0 Å². The number of hydrogen-bond donors (Lipinski definition) is 2. The Balaban J connectivity index is 1.84. The molecule has 3 rings (SSSR count). The lowest BCUT2D eigenvalue weighted by molar-refractivity contribution is 0.563. The molecule has 0 saturated carbocycles. The number of hydrogen-bond acceptors (Lipinski definition) is 4. The topological polar surface area (TPSA) is 58.2 Å². The van der Waals surface area contributed by atoms with Gasteiger partial charge in [-0.15, -0.1) is 0 Å². The fourth-order valence-corrected chi connectivity index (χ4v) is 5.11. The standard InChI is InChI=1S/C13H18N2O2S2/c16-19(17,15-11-5-7-18-9-11)12-3-4-13-10(8-12)2-1-6-14-13/h3-4,8,11,14-15H,1-2,5-7,9H2. The van der Waals surface area contributed by atoms with Crippen LogP contribution in [0.25, 0.3) is 0 Å². The third-order valence-electron chi connectivity index (χ3n) is 3.58. The number of aryl methyl sites for hydroxylation is 1. The molecule has 0 spiro atoms. The van der Waals surface area contributed by atoms with Gasteiger partial charge in [-0.2, -0.15) is 11.8 Å². The fraction of sp³-hybridized carbons (Fsp3) is 0.538. The van der Waals surface area contributed by atoms with Crippen molar-refractivity contribution in [1.82, 2.24) is 4.72 Å². The Labute approximate surface area is 118 Å². The minimum atomic E-state index is -3.37. The lowest BCUT2D eigenvalue weighted by Crippen LogP contribution is -2.34. The van der Waals surface area contributed by atoms with Crippen LogP contribution < -0.4 is 10.0 Å². The van der Waals surface area contributed by atoms with E-state index in [1.165, 1.54) is 0 Å². The minimum Gasteiger partial charge on any atom is -0.385 e. The van der Waals surface area contributed by atoms with Crippen molar-refractivity contribution in [2.24, 2.45) is 0 Å². The SMILES string of the molecule is O=S(=O)(NC1CCSC1)c1ccc2c(c1)CCCN2. The molecule has 0 amide bonds. The van der Waals surface area contributed by atoms with Gasteiger partial charge in [0.05, 0.1) is 4.90 Å². The molecule has 1 aromatic rings. The average molecular weight is 298 g/mol. The average Bonchev–Trinajstić information content (AvgIpc) is 2.90. The van der Waals surface area contributed by atoms with Crippen molar-refractivity contribution in [3.05, 3.63) is 23.8 Å². The van der Waals surface area contributed by atoms with E-state index in [0.29, 0.717) is 4.90 Å². The van der Waals surface area contributed by atoms with Crippen molar-refractivity contribution in [2.45, 2.75) is 30.2 Å². The van der Waals surface area contributed by atoms with Gasteiger partial charge in [-0.3, -0.25) is 0 Å². The van der Waals surface area contributed by atoms with E-state index in [4.69, 9.17) is 0 Å². The zero-order chi connectivity index (χ0) is 13.3. The lowest BCUT2D eigenvalue weighted by atomic mass is 10.0. The zero-order valence-corrected chi connectivity index (χ0v) is 12.3. The molecule has 0 aromatic heterocycles. The normalized spacial score (nSPS) is 22.8. The number of rotatable bonds is 3. The van der Waals surface area contributed by atoms with Gasteiger partial charge in [0.1, 0.15) is 0 Å². The zero-order valence-electron chi connectivity index (χ0n) is 10.7. The minimum absolute atomic E-state index is 0.0872. The van der Waals surface area contributed by atoms with E-state index < -0.39 is 10.0 Å². The highest BCUT2D eigenvalue weighted by Crippen LogP contribution is 2.26. The number of anilines is 1. The predicted octanol–water partition coefficient (Wildman–Crippen LogP) is 1.83. The van der Waals surface area contributed by atoms with E-state index in [9.17, 15) is 8.42 Å². The highest BCUT2D eigenvalue weighted by Gasteiger charge is 2.24. The molecule has 1 fully saturated rings. The van der Waals surface area contributed by atoms with E-state index in [1.54, 1.807) is 17.8 Å². The second-order valence-corrected chi connectivity index (χ2v) is 7.89. The molecule has 2 N–H and O–H groups in total. The van der Waals surface area contributed by atoms with Gasteiger partial charge in [0.25, 0.3) is 0 Å². The molecule has 0 bridgehead atoms. The predicted molar refractivity (Wildman–Crippen MR) is 79.3 cm³/mol. The van der Waals surface area contributed by atoms with Crippen LogP contribution in [0.2, 0.25) is 0 Å². The molecule has 2 aliphatic rings. The highest BCUT2D eigenvalue weighted by molar-refractivity contribution is 7.99. The number of thioether (sulfide) groups is 1. The van der Waals surface area contributed by atoms with Gasteiger partial charge in [0, 0.05) is 24.0 Å². The van der Waals surface area contributed by atoms with Gasteiger partial charge in [-0.05, 0) is 48.8 Å². The number of fused-ring (bicyclic) bond motifs is 1. The maximum atomic E-state index is 12.3. The lowest BCUT2D eigenvalue weighted by Gasteiger charge is -2.19. The molecule has 0 radical (unpaired) electrons. The van der Waals surface area contributed by atoms with Crippen LogP contribution in [0.15, 0.2) is 23.1 Å². The highest BCUT2D eigenvalue weighted by atomic mass is 32.2. The van der Waals surface area contributed by atoms with Crippen LogP contribution in [0, 0.1) is 0 Å². The van der Waals surface area contributed by atoms with Crippen LogP contribution >= 0.6 is 11.8 Å². The first-order valence-corrected chi connectivity index (χ1v) is 9.26. The van der Waals surface area contributed by atoms with Gasteiger partial charge < -0.3 is 5.32 Å². The Bertz CT molecular complexity index is 566. The van der Waals surface area contributed by atoms with Gasteiger partial charge in [0.2, 0.25) is 10.0 Å². The summed E-state index contributed by atoms with van der Waals surface area (Å²) in [7, 11) is -3.37. The van der Waals surface area contributed by atoms with Gasteiger partial charge in [0.15, 0.2) is 0 Å². The Morgan fingerprint density at radius 2 is 2.26 bits per heavy atom. The van der Waals surface area contributed by atoms with Crippen LogP contribution in [-0.2, 0) is 16.4 Å². The first-order chi connectivity index (χ1) is 9.15. The fourth-order valence-electron chi connectivity index (χ4n) is 2.53. The van der Waals surface area contributed by atoms with Gasteiger partial charge >= 0.3 is 0 Å². The number of nitrogens with one attached hydrogen (secondary N) is 2. The smallest absolute Gasteiger partial charge is 0.240 e. The van der Waals surface area contributed by atoms with Crippen molar-refractivity contribution in [3.63, 3.8) is 0 Å². The summed E-state index contributed by atoms with van der Waals surface area (Å²) in [5.74, 6) is 1.92. The van der Waals surface area contributed by atoms with E-state index in [2.05, 4.69) is 10.0 Å². The molecule has 6 heteroatoms. The Morgan fingerprint density at radius 1 is 1.37 bits per heavy atom. The summed E-state index contributed by atoms with van der Waals surface area (Å²) >= 11 is 1.80. The quantitative estimate of drug-likeness (QED) is 0.894. The van der Waals surface area contributed by atoms with E-state index >= 15 is 0 Å².